The van der Waals surface area contributed by atoms with Crippen molar-refractivity contribution in [1.29, 1.82) is 0 Å². The molecule has 33 heavy (non-hydrogen) atoms. The molecule has 178 valence electrons. The van der Waals surface area contributed by atoms with Crippen molar-refractivity contribution in [2.24, 2.45) is 0 Å². The van der Waals surface area contributed by atoms with E-state index in [1.807, 2.05) is 18.2 Å². The third-order valence-electron chi connectivity index (χ3n) is 7.45. The number of hydrogen-bond donors (Lipinski definition) is 0. The Bertz CT molecular complexity index is 1040. The lowest BCUT2D eigenvalue weighted by atomic mass is 9.63. The highest BCUT2D eigenvalue weighted by molar-refractivity contribution is 6.13. The molecule has 0 heterocycles. The minimum absolute atomic E-state index is 0.0102. The molecule has 0 spiro atoms. The van der Waals surface area contributed by atoms with Crippen LogP contribution < -0.4 is 0 Å². The zero-order valence-corrected chi connectivity index (χ0v) is 22.4. The molecule has 0 saturated heterocycles. The summed E-state index contributed by atoms with van der Waals surface area (Å²) in [6.07, 6.45) is 2.14. The second-order valence-corrected chi connectivity index (χ2v) is 13.3. The minimum atomic E-state index is -0.108. The van der Waals surface area contributed by atoms with E-state index in [0.717, 1.165) is 12.8 Å². The fourth-order valence-electron chi connectivity index (χ4n) is 5.10. The van der Waals surface area contributed by atoms with Crippen molar-refractivity contribution < 1.29 is 9.59 Å². The van der Waals surface area contributed by atoms with Gasteiger partial charge in [0.25, 0.3) is 0 Å². The number of benzene rings is 2. The lowest BCUT2D eigenvalue weighted by molar-refractivity contribution is 0.0894. The molecule has 0 radical (unpaired) electrons. The van der Waals surface area contributed by atoms with Crippen LogP contribution in [-0.4, -0.2) is 11.6 Å². The third-order valence-corrected chi connectivity index (χ3v) is 7.45. The summed E-state index contributed by atoms with van der Waals surface area (Å²) in [4.78, 5) is 26.3. The van der Waals surface area contributed by atoms with E-state index in [-0.39, 0.29) is 39.6 Å². The van der Waals surface area contributed by atoms with Gasteiger partial charge in [0.2, 0.25) is 0 Å². The van der Waals surface area contributed by atoms with Crippen molar-refractivity contribution in [1.82, 2.24) is 0 Å². The van der Waals surface area contributed by atoms with Crippen LogP contribution in [0.1, 0.15) is 131 Å². The average Bonchev–Trinajstić information content (AvgIpc) is 2.69. The molecule has 2 aromatic rings. The van der Waals surface area contributed by atoms with Gasteiger partial charge in [-0.15, -0.1) is 0 Å². The molecule has 0 N–H and O–H groups in total. The monoisotopic (exact) mass is 446 g/mol. The van der Waals surface area contributed by atoms with Crippen LogP contribution in [0, 0.1) is 0 Å². The van der Waals surface area contributed by atoms with Crippen LogP contribution in [0.2, 0.25) is 0 Å². The topological polar surface area (TPSA) is 34.1 Å². The molecule has 1 aliphatic carbocycles. The fraction of sp³-hybridized carbons (Fsp3) is 0.548. The molecule has 1 aliphatic rings. The molecule has 0 amide bonds. The van der Waals surface area contributed by atoms with E-state index in [2.05, 4.69) is 87.4 Å². The van der Waals surface area contributed by atoms with E-state index >= 15 is 0 Å². The predicted octanol–water partition coefficient (Wildman–Crippen LogP) is 8.09. The highest BCUT2D eigenvalue weighted by atomic mass is 16.1. The van der Waals surface area contributed by atoms with Crippen LogP contribution >= 0.6 is 0 Å². The molecule has 0 saturated carbocycles. The van der Waals surface area contributed by atoms with Crippen molar-refractivity contribution >= 4 is 11.6 Å². The summed E-state index contributed by atoms with van der Waals surface area (Å²) in [5.41, 5.74) is 6.33. The number of fused-ring (bicyclic) bond motifs is 1. The van der Waals surface area contributed by atoms with Gasteiger partial charge in [0.05, 0.1) is 6.42 Å². The largest absolute Gasteiger partial charge is 0.294 e. The van der Waals surface area contributed by atoms with E-state index in [1.165, 1.54) is 22.3 Å². The molecule has 2 aromatic carbocycles. The molecular weight excluding hydrogens is 404 g/mol. The number of hydrogen-bond acceptors (Lipinski definition) is 2. The Hall–Kier alpha value is -2.22. The third kappa shape index (κ3) is 5.15. The lowest BCUT2D eigenvalue weighted by Crippen LogP contribution is -2.34. The summed E-state index contributed by atoms with van der Waals surface area (Å²) >= 11 is 0. The molecule has 2 heteroatoms. The number of Topliss-reactive ketones (excluding diaryl/α,β-unsaturated/α-hetero) is 2. The molecule has 0 bridgehead atoms. The summed E-state index contributed by atoms with van der Waals surface area (Å²) in [5.74, 6) is -0.206. The Morgan fingerprint density at radius 1 is 0.667 bits per heavy atom. The van der Waals surface area contributed by atoms with Crippen molar-refractivity contribution in [2.45, 2.75) is 110 Å². The second kappa shape index (κ2) is 8.22. The molecule has 0 aliphatic heterocycles. The maximum absolute atomic E-state index is 13.2. The number of carbonyl (C=O) groups is 2. The standard InChI is InChI=1S/C31H42O2/c1-28(2,3)22-13-11-20(17-24(22)29(4,5)6)26(32)19-27(33)21-12-14-23-25(18-21)31(9,10)16-15-30(23,7)8/h11-14,17-18H,15-16,19H2,1-10H3. The Kier molecular flexibility index (Phi) is 6.33. The van der Waals surface area contributed by atoms with Gasteiger partial charge in [-0.1, -0.05) is 93.5 Å². The highest BCUT2D eigenvalue weighted by Crippen LogP contribution is 2.46. The summed E-state index contributed by atoms with van der Waals surface area (Å²) in [6.45, 7) is 22.2. The first-order valence-electron chi connectivity index (χ1n) is 12.3. The Labute approximate surface area is 201 Å². The van der Waals surface area contributed by atoms with E-state index in [9.17, 15) is 9.59 Å². The van der Waals surface area contributed by atoms with Crippen LogP contribution in [0.25, 0.3) is 0 Å². The van der Waals surface area contributed by atoms with Gasteiger partial charge in [-0.3, -0.25) is 9.59 Å². The average molecular weight is 447 g/mol. The van der Waals surface area contributed by atoms with Crippen LogP contribution in [0.4, 0.5) is 0 Å². The van der Waals surface area contributed by atoms with Crippen LogP contribution in [0.15, 0.2) is 36.4 Å². The Balaban J connectivity index is 1.91. The fourth-order valence-corrected chi connectivity index (χ4v) is 5.10. The number of rotatable bonds is 4. The van der Waals surface area contributed by atoms with Crippen molar-refractivity contribution in [3.05, 3.63) is 69.8 Å². The van der Waals surface area contributed by atoms with E-state index in [1.54, 1.807) is 0 Å². The summed E-state index contributed by atoms with van der Waals surface area (Å²) in [5, 5.41) is 0. The summed E-state index contributed by atoms with van der Waals surface area (Å²) in [7, 11) is 0. The lowest BCUT2D eigenvalue weighted by Gasteiger charge is -2.42. The van der Waals surface area contributed by atoms with Gasteiger partial charge in [-0.25, -0.2) is 0 Å². The summed E-state index contributed by atoms with van der Waals surface area (Å²) in [6, 6.07) is 12.1. The van der Waals surface area contributed by atoms with Crippen LogP contribution in [-0.2, 0) is 21.7 Å². The molecule has 2 nitrogen and oxygen atoms in total. The molecule has 0 fully saturated rings. The maximum Gasteiger partial charge on any atom is 0.170 e. The molecular formula is C31H42O2. The van der Waals surface area contributed by atoms with Gasteiger partial charge in [-0.05, 0) is 68.9 Å². The number of carbonyl (C=O) groups excluding carboxylic acids is 2. The second-order valence-electron chi connectivity index (χ2n) is 13.3. The van der Waals surface area contributed by atoms with Crippen LogP contribution in [0.5, 0.6) is 0 Å². The zero-order valence-electron chi connectivity index (χ0n) is 22.4. The minimum Gasteiger partial charge on any atom is -0.294 e. The van der Waals surface area contributed by atoms with Crippen LogP contribution in [0.3, 0.4) is 0 Å². The van der Waals surface area contributed by atoms with Gasteiger partial charge >= 0.3 is 0 Å². The van der Waals surface area contributed by atoms with E-state index < -0.39 is 0 Å². The predicted molar refractivity (Wildman–Crippen MR) is 139 cm³/mol. The first kappa shape index (κ1) is 25.4. The highest BCUT2D eigenvalue weighted by Gasteiger charge is 2.37. The quantitative estimate of drug-likeness (QED) is 0.351. The van der Waals surface area contributed by atoms with Gasteiger partial charge < -0.3 is 0 Å². The van der Waals surface area contributed by atoms with Gasteiger partial charge in [0.1, 0.15) is 0 Å². The molecule has 0 atom stereocenters. The van der Waals surface area contributed by atoms with Crippen molar-refractivity contribution in [3.8, 4) is 0 Å². The normalized spacial score (nSPS) is 17.4. The van der Waals surface area contributed by atoms with Gasteiger partial charge in [0.15, 0.2) is 11.6 Å². The van der Waals surface area contributed by atoms with Crippen molar-refractivity contribution in [3.63, 3.8) is 0 Å². The smallest absolute Gasteiger partial charge is 0.170 e. The first-order chi connectivity index (χ1) is 14.9. The molecule has 0 unspecified atom stereocenters. The van der Waals surface area contributed by atoms with Gasteiger partial charge in [-0.2, -0.15) is 0 Å². The number of ketones is 2. The van der Waals surface area contributed by atoms with E-state index in [4.69, 9.17) is 0 Å². The first-order valence-corrected chi connectivity index (χ1v) is 12.3. The van der Waals surface area contributed by atoms with E-state index in [0.29, 0.717) is 11.1 Å². The molecule has 3 rings (SSSR count). The Morgan fingerprint density at radius 3 is 1.64 bits per heavy atom. The van der Waals surface area contributed by atoms with Crippen molar-refractivity contribution in [2.75, 3.05) is 0 Å². The zero-order chi connectivity index (χ0) is 25.0. The van der Waals surface area contributed by atoms with Gasteiger partial charge in [0, 0.05) is 11.1 Å². The Morgan fingerprint density at radius 2 is 1.12 bits per heavy atom. The SMILES string of the molecule is CC(C)(C)c1ccc(C(=O)CC(=O)c2ccc3c(c2)C(C)(C)CCC3(C)C)cc1C(C)(C)C. The maximum atomic E-state index is 13.2. The molecule has 0 aromatic heterocycles. The summed E-state index contributed by atoms with van der Waals surface area (Å²) < 4.78 is 0.